The fraction of sp³-hybridized carbons (Fsp3) is 0.526. The summed E-state index contributed by atoms with van der Waals surface area (Å²) >= 11 is 12.4. The van der Waals surface area contributed by atoms with E-state index in [-0.39, 0.29) is 0 Å². The highest BCUT2D eigenvalue weighted by molar-refractivity contribution is 6.45. The van der Waals surface area contributed by atoms with E-state index in [1.54, 1.807) is 0 Å². The normalized spacial score (nSPS) is 22.0. The quantitative estimate of drug-likeness (QED) is 0.778. The second-order valence-electron chi connectivity index (χ2n) is 6.85. The van der Waals surface area contributed by atoms with Crippen LogP contribution in [0.4, 0.5) is 5.82 Å². The summed E-state index contributed by atoms with van der Waals surface area (Å²) in [6.07, 6.45) is 3.52. The predicted molar refractivity (Wildman–Crippen MR) is 102 cm³/mol. The van der Waals surface area contributed by atoms with Crippen molar-refractivity contribution < 1.29 is 9.47 Å². The van der Waals surface area contributed by atoms with Gasteiger partial charge in [-0.25, -0.2) is 4.98 Å². The molecule has 3 heterocycles. The van der Waals surface area contributed by atoms with Crippen LogP contribution in [0, 0.1) is 5.92 Å². The van der Waals surface area contributed by atoms with E-state index in [2.05, 4.69) is 17.0 Å². The van der Waals surface area contributed by atoms with Crippen LogP contribution in [0.2, 0.25) is 10.0 Å². The Labute approximate surface area is 158 Å². The maximum atomic E-state index is 6.32. The lowest BCUT2D eigenvalue weighted by Gasteiger charge is -2.33. The molecule has 0 N–H and O–H groups in total. The summed E-state index contributed by atoms with van der Waals surface area (Å²) in [5.41, 5.74) is 0.770. The Morgan fingerprint density at radius 2 is 1.92 bits per heavy atom. The Kier molecular flexibility index (Phi) is 5.32. The van der Waals surface area contributed by atoms with E-state index in [4.69, 9.17) is 37.7 Å². The second kappa shape index (κ2) is 7.67. The van der Waals surface area contributed by atoms with Gasteiger partial charge in [0.15, 0.2) is 0 Å². The van der Waals surface area contributed by atoms with Crippen LogP contribution >= 0.6 is 23.2 Å². The molecule has 25 heavy (non-hydrogen) atoms. The van der Waals surface area contributed by atoms with Gasteiger partial charge in [0, 0.05) is 31.0 Å². The van der Waals surface area contributed by atoms with Gasteiger partial charge >= 0.3 is 0 Å². The maximum absolute atomic E-state index is 6.32. The smallest absolute Gasteiger partial charge is 0.129 e. The van der Waals surface area contributed by atoms with Crippen LogP contribution in [-0.2, 0) is 9.47 Å². The van der Waals surface area contributed by atoms with Gasteiger partial charge in [-0.2, -0.15) is 0 Å². The highest BCUT2D eigenvalue weighted by Gasteiger charge is 2.23. The number of piperidine rings is 1. The average molecular weight is 381 g/mol. The van der Waals surface area contributed by atoms with Gasteiger partial charge in [-0.3, -0.25) is 0 Å². The fourth-order valence-corrected chi connectivity index (χ4v) is 3.90. The van der Waals surface area contributed by atoms with Gasteiger partial charge in [0.05, 0.1) is 34.9 Å². The average Bonchev–Trinajstić information content (AvgIpc) is 3.17. The van der Waals surface area contributed by atoms with Crippen molar-refractivity contribution in [3.05, 3.63) is 34.3 Å². The molecule has 2 fully saturated rings. The highest BCUT2D eigenvalue weighted by Crippen LogP contribution is 2.31. The third-order valence-corrected chi connectivity index (χ3v) is 5.89. The van der Waals surface area contributed by atoms with E-state index in [1.165, 1.54) is 0 Å². The Morgan fingerprint density at radius 3 is 2.68 bits per heavy atom. The van der Waals surface area contributed by atoms with Crippen LogP contribution in [0.5, 0.6) is 0 Å². The zero-order valence-electron chi connectivity index (χ0n) is 14.1. The van der Waals surface area contributed by atoms with Crippen molar-refractivity contribution in [1.82, 2.24) is 4.98 Å². The summed E-state index contributed by atoms with van der Waals surface area (Å²) < 4.78 is 11.5. The molecule has 1 atom stereocenters. The first-order valence-corrected chi connectivity index (χ1v) is 9.65. The SMILES string of the molecule is Clc1ccc2ccc(N3CCC(OCC4CCOC4)CC3)nc2c1Cl. The number of nitrogens with zero attached hydrogens (tertiary/aromatic N) is 2. The van der Waals surface area contributed by atoms with E-state index in [9.17, 15) is 0 Å². The highest BCUT2D eigenvalue weighted by atomic mass is 35.5. The van der Waals surface area contributed by atoms with Crippen molar-refractivity contribution in [2.24, 2.45) is 5.92 Å². The van der Waals surface area contributed by atoms with E-state index in [1.807, 2.05) is 12.1 Å². The van der Waals surface area contributed by atoms with Crippen LogP contribution in [0.25, 0.3) is 10.9 Å². The molecule has 2 saturated heterocycles. The summed E-state index contributed by atoms with van der Waals surface area (Å²) in [5, 5.41) is 2.08. The molecule has 134 valence electrons. The molecule has 4 rings (SSSR count). The molecule has 1 aromatic heterocycles. The van der Waals surface area contributed by atoms with E-state index in [0.717, 1.165) is 68.9 Å². The second-order valence-corrected chi connectivity index (χ2v) is 7.64. The number of pyridine rings is 1. The molecule has 4 nitrogen and oxygen atoms in total. The van der Waals surface area contributed by atoms with Gasteiger partial charge in [-0.15, -0.1) is 0 Å². The van der Waals surface area contributed by atoms with Gasteiger partial charge in [0.25, 0.3) is 0 Å². The Hall–Kier alpha value is -1.07. The first-order valence-electron chi connectivity index (χ1n) is 8.90. The van der Waals surface area contributed by atoms with Crippen LogP contribution in [0.15, 0.2) is 24.3 Å². The molecule has 2 aliphatic rings. The van der Waals surface area contributed by atoms with Crippen LogP contribution in [0.3, 0.4) is 0 Å². The summed E-state index contributed by atoms with van der Waals surface area (Å²) in [6, 6.07) is 7.88. The number of aromatic nitrogens is 1. The lowest BCUT2D eigenvalue weighted by molar-refractivity contribution is 0.0131. The topological polar surface area (TPSA) is 34.6 Å². The molecule has 0 amide bonds. The van der Waals surface area contributed by atoms with Crippen molar-refractivity contribution in [2.75, 3.05) is 37.8 Å². The standard InChI is InChI=1S/C19H22Cl2N2O2/c20-16-3-1-14-2-4-17(22-19(14)18(16)21)23-8-5-15(6-9-23)25-12-13-7-10-24-11-13/h1-4,13,15H,5-12H2. The fourth-order valence-electron chi connectivity index (χ4n) is 3.53. The van der Waals surface area contributed by atoms with Gasteiger partial charge in [0.1, 0.15) is 5.82 Å². The van der Waals surface area contributed by atoms with Crippen LogP contribution < -0.4 is 4.90 Å². The molecular weight excluding hydrogens is 359 g/mol. The molecule has 0 saturated carbocycles. The maximum Gasteiger partial charge on any atom is 0.129 e. The molecule has 0 aliphatic carbocycles. The molecule has 0 spiro atoms. The zero-order chi connectivity index (χ0) is 17.2. The van der Waals surface area contributed by atoms with Crippen molar-refractivity contribution in [3.8, 4) is 0 Å². The number of anilines is 1. The molecule has 0 bridgehead atoms. The molecule has 6 heteroatoms. The van der Waals surface area contributed by atoms with E-state index >= 15 is 0 Å². The molecule has 2 aromatic rings. The lowest BCUT2D eigenvalue weighted by atomic mass is 10.1. The number of hydrogen-bond acceptors (Lipinski definition) is 4. The number of fused-ring (bicyclic) bond motifs is 1. The van der Waals surface area contributed by atoms with Gasteiger partial charge in [-0.05, 0) is 37.5 Å². The third-order valence-electron chi connectivity index (χ3n) is 5.10. The van der Waals surface area contributed by atoms with Crippen molar-refractivity contribution in [2.45, 2.75) is 25.4 Å². The monoisotopic (exact) mass is 380 g/mol. The molecule has 2 aliphatic heterocycles. The van der Waals surface area contributed by atoms with Crippen LogP contribution in [-0.4, -0.2) is 44.0 Å². The number of ether oxygens (including phenoxy) is 2. The molecule has 0 radical (unpaired) electrons. The summed E-state index contributed by atoms with van der Waals surface area (Å²) in [7, 11) is 0. The molecular formula is C19H22Cl2N2O2. The third kappa shape index (κ3) is 3.87. The number of hydrogen-bond donors (Lipinski definition) is 0. The minimum absolute atomic E-state index is 0.343. The zero-order valence-corrected chi connectivity index (χ0v) is 15.6. The summed E-state index contributed by atoms with van der Waals surface area (Å²) in [6.45, 7) is 4.45. The van der Waals surface area contributed by atoms with Crippen molar-refractivity contribution in [3.63, 3.8) is 0 Å². The summed E-state index contributed by atoms with van der Waals surface area (Å²) in [5.74, 6) is 1.53. The number of benzene rings is 1. The minimum Gasteiger partial charge on any atom is -0.381 e. The Morgan fingerprint density at radius 1 is 1.12 bits per heavy atom. The first kappa shape index (κ1) is 17.3. The molecule has 1 aromatic carbocycles. The summed E-state index contributed by atoms with van der Waals surface area (Å²) in [4.78, 5) is 7.05. The van der Waals surface area contributed by atoms with Crippen LogP contribution in [0.1, 0.15) is 19.3 Å². The first-order chi connectivity index (χ1) is 12.2. The van der Waals surface area contributed by atoms with E-state index in [0.29, 0.717) is 22.1 Å². The van der Waals surface area contributed by atoms with Crippen molar-refractivity contribution in [1.29, 1.82) is 0 Å². The lowest BCUT2D eigenvalue weighted by Crippen LogP contribution is -2.38. The largest absolute Gasteiger partial charge is 0.381 e. The van der Waals surface area contributed by atoms with Gasteiger partial charge in [-0.1, -0.05) is 29.3 Å². The Balaban J connectivity index is 1.38. The van der Waals surface area contributed by atoms with Gasteiger partial charge < -0.3 is 14.4 Å². The predicted octanol–water partition coefficient (Wildman–Crippen LogP) is 4.56. The van der Waals surface area contributed by atoms with Gasteiger partial charge in [0.2, 0.25) is 0 Å². The number of rotatable bonds is 4. The molecule has 1 unspecified atom stereocenters. The van der Waals surface area contributed by atoms with Crippen molar-refractivity contribution >= 4 is 39.9 Å². The Bertz CT molecular complexity index is 742. The number of halogens is 2. The minimum atomic E-state index is 0.343. The van der Waals surface area contributed by atoms with E-state index < -0.39 is 0 Å².